The zero-order chi connectivity index (χ0) is 23.9. The summed E-state index contributed by atoms with van der Waals surface area (Å²) in [6, 6.07) is 5.79. The lowest BCUT2D eigenvalue weighted by Gasteiger charge is -2.13. The van der Waals surface area contributed by atoms with Crippen LogP contribution in [0.25, 0.3) is 0 Å². The number of anilines is 1. The van der Waals surface area contributed by atoms with Crippen molar-refractivity contribution < 1.29 is 33.9 Å². The van der Waals surface area contributed by atoms with Crippen LogP contribution in [-0.2, 0) is 20.4 Å². The number of carbonyl (C=O) groups excluding carboxylic acids is 1. The minimum absolute atomic E-state index is 0.0240. The van der Waals surface area contributed by atoms with Gasteiger partial charge >= 0.3 is 7.82 Å². The first-order valence-corrected chi connectivity index (χ1v) is 11.7. The normalized spacial score (nSPS) is 13.2. The second kappa shape index (κ2) is 11.3. The van der Waals surface area contributed by atoms with Crippen LogP contribution in [0.4, 0.5) is 5.82 Å². The molecule has 32 heavy (non-hydrogen) atoms. The van der Waals surface area contributed by atoms with Gasteiger partial charge in [0.1, 0.15) is 22.4 Å². The number of carbonyl (C=O) groups is 1. The van der Waals surface area contributed by atoms with Crippen molar-refractivity contribution in [3.8, 4) is 5.75 Å². The van der Waals surface area contributed by atoms with Gasteiger partial charge in [0.2, 0.25) is 5.91 Å². The Bertz CT molecular complexity index is 1080. The number of phosphoric acid groups is 1. The number of nitrogen functional groups attached to an aromatic ring is 1. The fourth-order valence-corrected chi connectivity index (χ4v) is 3.81. The van der Waals surface area contributed by atoms with Crippen molar-refractivity contribution >= 4 is 35.9 Å². The van der Waals surface area contributed by atoms with Crippen LogP contribution in [0, 0.1) is 6.92 Å². The predicted octanol–water partition coefficient (Wildman–Crippen LogP) is 1.66. The second-order valence-electron chi connectivity index (χ2n) is 6.64. The molecule has 2 aromatic rings. The van der Waals surface area contributed by atoms with Crippen molar-refractivity contribution in [3.63, 3.8) is 0 Å². The molecule has 2 rings (SSSR count). The molecule has 1 heterocycles. The molecule has 1 aromatic carbocycles. The van der Waals surface area contributed by atoms with E-state index in [9.17, 15) is 19.6 Å². The quantitative estimate of drug-likeness (QED) is 0.119. The Morgan fingerprint density at radius 1 is 1.28 bits per heavy atom. The minimum Gasteiger partial charge on any atom is -0.508 e. The molecule has 0 atom stereocenters. The smallest absolute Gasteiger partial charge is 0.469 e. The number of phenols is 1. The molecule has 0 saturated carbocycles. The van der Waals surface area contributed by atoms with Gasteiger partial charge in [-0.25, -0.2) is 14.5 Å². The molecule has 13 heteroatoms. The number of aliphatic hydroxyl groups excluding tert-OH is 1. The van der Waals surface area contributed by atoms with E-state index in [1.54, 1.807) is 6.92 Å². The summed E-state index contributed by atoms with van der Waals surface area (Å²) in [6.45, 7) is 2.92. The van der Waals surface area contributed by atoms with E-state index < -0.39 is 13.7 Å². The standard InChI is InChI=1S/C19H25N4O7PS/c1-11(18(25)22-10-14-9-21-12(2)23-17(14)20)16(7-8-30-31(27,28)29)32-19(26)13-3-5-15(24)6-4-13/h3-6,9,24,26,32H,7-8,10H2,1-2H3,(H,22,25)(H2,20,21,23)(H2,27,28,29)/b16-11-. The molecule has 0 spiro atoms. The van der Waals surface area contributed by atoms with Gasteiger partial charge in [-0.2, -0.15) is 0 Å². The largest absolute Gasteiger partial charge is 0.508 e. The summed E-state index contributed by atoms with van der Waals surface area (Å²) in [7, 11) is -4.69. The zero-order valence-corrected chi connectivity index (χ0v) is 19.2. The monoisotopic (exact) mass is 484 g/mol. The molecule has 11 nitrogen and oxygen atoms in total. The summed E-state index contributed by atoms with van der Waals surface area (Å²) in [5.41, 5.74) is 7.00. The number of nitrogens with one attached hydrogen (secondary N) is 1. The van der Waals surface area contributed by atoms with Gasteiger partial charge in [-0.1, -0.05) is 0 Å². The van der Waals surface area contributed by atoms with E-state index in [1.165, 1.54) is 37.4 Å². The maximum atomic E-state index is 12.7. The first-order valence-electron chi connectivity index (χ1n) is 9.29. The molecule has 0 bridgehead atoms. The number of aromatic hydroxyl groups is 1. The molecular weight excluding hydrogens is 459 g/mol. The molecule has 0 saturated heterocycles. The number of aryl methyl sites for hydroxylation is 1. The third-order valence-corrected chi connectivity index (χ3v) is 6.01. The highest BCUT2D eigenvalue weighted by molar-refractivity contribution is 8.02. The summed E-state index contributed by atoms with van der Waals surface area (Å²) < 4.78 is 15.5. The summed E-state index contributed by atoms with van der Waals surface area (Å²) in [6.07, 6.45) is 1.48. The summed E-state index contributed by atoms with van der Waals surface area (Å²) in [5.74, 6) is 0.298. The Morgan fingerprint density at radius 2 is 1.94 bits per heavy atom. The molecule has 7 N–H and O–H groups in total. The minimum atomic E-state index is -4.69. The number of aliphatic hydroxyl groups is 1. The van der Waals surface area contributed by atoms with Gasteiger partial charge in [-0.05, 0) is 43.0 Å². The number of phenolic OH excluding ortho intramolecular Hbond substituents is 1. The van der Waals surface area contributed by atoms with Crippen LogP contribution in [0.5, 0.6) is 5.75 Å². The molecule has 0 radical (unpaired) electrons. The Morgan fingerprint density at radius 3 is 2.53 bits per heavy atom. The van der Waals surface area contributed by atoms with E-state index in [2.05, 4.69) is 19.8 Å². The van der Waals surface area contributed by atoms with Crippen molar-refractivity contribution in [1.29, 1.82) is 0 Å². The van der Waals surface area contributed by atoms with Crippen molar-refractivity contribution in [2.45, 2.75) is 26.8 Å². The summed E-state index contributed by atoms with van der Waals surface area (Å²) >= 11 is 0.238. The number of aromatic nitrogens is 2. The van der Waals surface area contributed by atoms with Crippen LogP contribution in [0.2, 0.25) is 0 Å². The van der Waals surface area contributed by atoms with Gasteiger partial charge < -0.3 is 31.1 Å². The van der Waals surface area contributed by atoms with Crippen LogP contribution >= 0.6 is 19.2 Å². The maximum Gasteiger partial charge on any atom is 0.469 e. The number of thiol groups is 1. The molecule has 0 aliphatic heterocycles. The first-order chi connectivity index (χ1) is 15.0. The average Bonchev–Trinajstić information content (AvgIpc) is 2.71. The molecule has 1 amide bonds. The van der Waals surface area contributed by atoms with Crippen molar-refractivity contribution in [2.24, 2.45) is 0 Å². The third-order valence-electron chi connectivity index (χ3n) is 4.20. The Kier molecular flexibility index (Phi) is 9.08. The van der Waals surface area contributed by atoms with E-state index in [-0.39, 0.29) is 53.1 Å². The lowest BCUT2D eigenvalue weighted by atomic mass is 10.2. The van der Waals surface area contributed by atoms with E-state index in [0.29, 0.717) is 21.9 Å². The van der Waals surface area contributed by atoms with Gasteiger partial charge in [0.05, 0.1) is 6.61 Å². The van der Waals surface area contributed by atoms with Gasteiger partial charge in [0.15, 0.2) is 0 Å². The fourth-order valence-electron chi connectivity index (χ4n) is 2.48. The highest BCUT2D eigenvalue weighted by Crippen LogP contribution is 2.36. The fraction of sp³-hybridized carbons (Fsp3) is 0.263. The van der Waals surface area contributed by atoms with E-state index in [0.717, 1.165) is 0 Å². The highest BCUT2D eigenvalue weighted by Gasteiger charge is 2.16. The second-order valence-corrected chi connectivity index (χ2v) is 9.06. The van der Waals surface area contributed by atoms with Gasteiger partial charge in [0.25, 0.3) is 0 Å². The Labute approximate surface area is 188 Å². The predicted molar refractivity (Wildman–Crippen MR) is 122 cm³/mol. The van der Waals surface area contributed by atoms with Crippen LogP contribution in [-0.4, -0.2) is 47.5 Å². The summed E-state index contributed by atoms with van der Waals surface area (Å²) in [4.78, 5) is 39.0. The first kappa shape index (κ1) is 25.7. The zero-order valence-electron chi connectivity index (χ0n) is 17.4. The maximum absolute atomic E-state index is 12.7. The van der Waals surface area contributed by atoms with Gasteiger partial charge in [0, 0.05) is 35.9 Å². The van der Waals surface area contributed by atoms with E-state index in [1.807, 2.05) is 0 Å². The lowest BCUT2D eigenvalue weighted by Crippen LogP contribution is -2.25. The van der Waals surface area contributed by atoms with Gasteiger partial charge in [-0.3, -0.25) is 9.32 Å². The lowest BCUT2D eigenvalue weighted by molar-refractivity contribution is -0.117. The van der Waals surface area contributed by atoms with E-state index >= 15 is 0 Å². The molecule has 1 aromatic heterocycles. The molecule has 0 fully saturated rings. The number of hydrogen-bond acceptors (Lipinski definition) is 7. The molecular formula is C19H25N4O7PS. The number of nitrogens with zero attached hydrogens (tertiary/aromatic N) is 2. The summed E-state index contributed by atoms with van der Waals surface area (Å²) in [5, 5.41) is 22.4. The highest BCUT2D eigenvalue weighted by atomic mass is 32.1. The molecule has 174 valence electrons. The molecule has 0 unspecified atom stereocenters. The third kappa shape index (κ3) is 8.15. The average molecular weight is 484 g/mol. The van der Waals surface area contributed by atoms with Crippen LogP contribution in [0.15, 0.2) is 40.9 Å². The number of hydrogen-bond donors (Lipinski definition) is 7. The number of nitrogens with two attached hydrogens (primary N) is 1. The van der Waals surface area contributed by atoms with Crippen LogP contribution < -0.4 is 11.1 Å². The number of benzene rings is 1. The SMILES string of the molecule is C/C(C(=O)NCc1cnc(C)nc1N)=C(CCOP(=O)(O)O)/[SH]=C(\O)c1ccc(O)cc1. The molecule has 0 aliphatic carbocycles. The van der Waals surface area contributed by atoms with Crippen molar-refractivity contribution in [3.05, 3.63) is 57.9 Å². The number of rotatable bonds is 9. The Hall–Kier alpha value is -2.60. The van der Waals surface area contributed by atoms with Crippen molar-refractivity contribution in [2.75, 3.05) is 12.3 Å². The van der Waals surface area contributed by atoms with E-state index in [4.69, 9.17) is 15.5 Å². The van der Waals surface area contributed by atoms with Crippen LogP contribution in [0.1, 0.15) is 30.3 Å². The van der Waals surface area contributed by atoms with Gasteiger partial charge in [-0.15, -0.1) is 11.4 Å². The topological polar surface area (TPSA) is 188 Å². The van der Waals surface area contributed by atoms with Crippen LogP contribution in [0.3, 0.4) is 0 Å². The van der Waals surface area contributed by atoms with Crippen molar-refractivity contribution in [1.82, 2.24) is 15.3 Å². The number of amides is 1. The molecule has 0 aliphatic rings. The Balaban J connectivity index is 2.25. The number of phosphoric ester groups is 1.